The smallest absolute Gasteiger partial charge is 0.271 e. The van der Waals surface area contributed by atoms with Crippen LogP contribution in [0.4, 0.5) is 10.8 Å². The molecule has 0 aliphatic heterocycles. The Morgan fingerprint density at radius 1 is 1.06 bits per heavy atom. The van der Waals surface area contributed by atoms with E-state index in [4.69, 9.17) is 23.2 Å². The molecule has 0 spiro atoms. The van der Waals surface area contributed by atoms with Gasteiger partial charge in [-0.25, -0.2) is 13.4 Å². The first-order valence-corrected chi connectivity index (χ1v) is 14.6. The molecule has 2 aromatic heterocycles. The highest BCUT2D eigenvalue weighted by molar-refractivity contribution is 8.00. The van der Waals surface area contributed by atoms with Crippen LogP contribution in [0.5, 0.6) is 0 Å². The number of aromatic nitrogens is 1. The Labute approximate surface area is 219 Å². The lowest BCUT2D eigenvalue weighted by atomic mass is 10.2. The van der Waals surface area contributed by atoms with Gasteiger partial charge in [0.2, 0.25) is 5.91 Å². The molecule has 1 amide bonds. The van der Waals surface area contributed by atoms with Crippen molar-refractivity contribution >= 4 is 84.4 Å². The molecule has 2 aromatic carbocycles. The minimum atomic E-state index is -3.60. The van der Waals surface area contributed by atoms with Crippen molar-refractivity contribution in [3.05, 3.63) is 75.4 Å². The Morgan fingerprint density at radius 3 is 2.50 bits per heavy atom. The summed E-state index contributed by atoms with van der Waals surface area (Å²) in [4.78, 5) is 17.9. The van der Waals surface area contributed by atoms with Gasteiger partial charge in [0.25, 0.3) is 10.0 Å². The van der Waals surface area contributed by atoms with Gasteiger partial charge in [-0.2, -0.15) is 0 Å². The molecule has 4 aromatic rings. The normalized spacial score (nSPS) is 12.3. The lowest BCUT2D eigenvalue weighted by Gasteiger charge is -2.11. The van der Waals surface area contributed by atoms with E-state index in [9.17, 15) is 13.2 Å². The zero-order valence-electron chi connectivity index (χ0n) is 17.5. The predicted molar refractivity (Wildman–Crippen MR) is 143 cm³/mol. The lowest BCUT2D eigenvalue weighted by molar-refractivity contribution is -0.115. The van der Waals surface area contributed by atoms with E-state index in [1.54, 1.807) is 60.8 Å². The van der Waals surface area contributed by atoms with Gasteiger partial charge in [-0.15, -0.1) is 34.4 Å². The minimum Gasteiger partial charge on any atom is -0.301 e. The maximum absolute atomic E-state index is 12.7. The highest BCUT2D eigenvalue weighted by Gasteiger charge is 2.18. The van der Waals surface area contributed by atoms with Crippen LogP contribution in [-0.2, 0) is 14.8 Å². The Morgan fingerprint density at radius 2 is 1.82 bits per heavy atom. The zero-order valence-corrected chi connectivity index (χ0v) is 22.3. The molecule has 12 heteroatoms. The number of carbonyl (C=O) groups is 1. The molecule has 0 fully saturated rings. The van der Waals surface area contributed by atoms with Crippen molar-refractivity contribution in [3.8, 4) is 11.3 Å². The number of amides is 1. The maximum atomic E-state index is 12.7. The van der Waals surface area contributed by atoms with Gasteiger partial charge in [0, 0.05) is 21.5 Å². The summed E-state index contributed by atoms with van der Waals surface area (Å²) >= 11 is 15.9. The number of nitrogens with zero attached hydrogens (tertiary/aromatic N) is 1. The molecule has 0 saturated carbocycles. The summed E-state index contributed by atoms with van der Waals surface area (Å²) in [6.45, 7) is 1.79. The molecule has 0 aliphatic rings. The van der Waals surface area contributed by atoms with Crippen molar-refractivity contribution in [2.75, 3.05) is 10.0 Å². The number of halogens is 2. The maximum Gasteiger partial charge on any atom is 0.271 e. The molecule has 0 aliphatic carbocycles. The first-order valence-electron chi connectivity index (χ1n) is 9.76. The largest absolute Gasteiger partial charge is 0.301 e. The van der Waals surface area contributed by atoms with Gasteiger partial charge < -0.3 is 5.32 Å². The number of sulfonamides is 1. The molecule has 4 rings (SSSR count). The highest BCUT2D eigenvalue weighted by Crippen LogP contribution is 2.31. The first kappa shape index (κ1) is 25.0. The van der Waals surface area contributed by atoms with E-state index >= 15 is 0 Å². The van der Waals surface area contributed by atoms with Crippen molar-refractivity contribution in [2.45, 2.75) is 21.3 Å². The van der Waals surface area contributed by atoms with Crippen LogP contribution in [0.25, 0.3) is 11.3 Å². The molecule has 0 radical (unpaired) electrons. The summed E-state index contributed by atoms with van der Waals surface area (Å²) in [5.41, 5.74) is 1.95. The SMILES string of the molecule is CC(Sc1ccc(NS(=O)(=O)c2cccs2)cc1)C(=O)Nc1nc(-c2ccc(Cl)c(Cl)c2)cs1. The molecular weight excluding hydrogens is 553 g/mol. The molecule has 0 bridgehead atoms. The molecule has 0 saturated heterocycles. The number of nitrogens with one attached hydrogen (secondary N) is 2. The average molecular weight is 571 g/mol. The van der Waals surface area contributed by atoms with Crippen LogP contribution in [0, 0.1) is 0 Å². The number of carbonyl (C=O) groups excluding carboxylic acids is 1. The van der Waals surface area contributed by atoms with E-state index in [1.807, 2.05) is 11.4 Å². The minimum absolute atomic E-state index is 0.192. The second kappa shape index (κ2) is 10.7. The number of hydrogen-bond donors (Lipinski definition) is 2. The van der Waals surface area contributed by atoms with Crippen LogP contribution in [-0.4, -0.2) is 24.6 Å². The lowest BCUT2D eigenvalue weighted by Crippen LogP contribution is -2.22. The van der Waals surface area contributed by atoms with Gasteiger partial charge in [-0.05, 0) is 54.8 Å². The first-order chi connectivity index (χ1) is 16.2. The van der Waals surface area contributed by atoms with Crippen LogP contribution in [0.3, 0.4) is 0 Å². The number of rotatable bonds is 8. The average Bonchev–Trinajstić information content (AvgIpc) is 3.50. The van der Waals surface area contributed by atoms with Crippen molar-refractivity contribution in [1.82, 2.24) is 4.98 Å². The van der Waals surface area contributed by atoms with Crippen LogP contribution in [0.15, 0.2) is 74.5 Å². The molecule has 176 valence electrons. The molecule has 2 heterocycles. The molecule has 1 unspecified atom stereocenters. The Balaban J connectivity index is 1.35. The zero-order chi connectivity index (χ0) is 24.3. The van der Waals surface area contributed by atoms with Crippen molar-refractivity contribution in [2.24, 2.45) is 0 Å². The van der Waals surface area contributed by atoms with Crippen LogP contribution in [0.1, 0.15) is 6.92 Å². The van der Waals surface area contributed by atoms with Gasteiger partial charge in [-0.3, -0.25) is 9.52 Å². The molecule has 34 heavy (non-hydrogen) atoms. The third-order valence-electron chi connectivity index (χ3n) is 4.50. The van der Waals surface area contributed by atoms with E-state index in [0.29, 0.717) is 26.6 Å². The summed E-state index contributed by atoms with van der Waals surface area (Å²) in [7, 11) is -3.60. The van der Waals surface area contributed by atoms with E-state index in [1.165, 1.54) is 23.1 Å². The Kier molecular flexibility index (Phi) is 7.86. The van der Waals surface area contributed by atoms with Crippen molar-refractivity contribution < 1.29 is 13.2 Å². The molecule has 1 atom stereocenters. The number of thioether (sulfide) groups is 1. The fourth-order valence-electron chi connectivity index (χ4n) is 2.81. The van der Waals surface area contributed by atoms with Gasteiger partial charge in [0.05, 0.1) is 21.0 Å². The fraction of sp³-hybridized carbons (Fsp3) is 0.0909. The van der Waals surface area contributed by atoms with Crippen molar-refractivity contribution in [1.29, 1.82) is 0 Å². The highest BCUT2D eigenvalue weighted by atomic mass is 35.5. The predicted octanol–water partition coefficient (Wildman–Crippen LogP) is 7.10. The number of thiazole rings is 1. The molecule has 6 nitrogen and oxygen atoms in total. The monoisotopic (exact) mass is 569 g/mol. The summed E-state index contributed by atoms with van der Waals surface area (Å²) < 4.78 is 27.5. The standard InChI is InChI=1S/C22H17Cl2N3O3S4/c1-13(21(28)26-22-25-19(12-32-22)14-4-9-17(23)18(24)11-14)33-16-7-5-15(6-8-16)27-34(29,30)20-3-2-10-31-20/h2-13,27H,1H3,(H,25,26,28). The quantitative estimate of drug-likeness (QED) is 0.221. The number of hydrogen-bond acceptors (Lipinski definition) is 7. The second-order valence-corrected chi connectivity index (χ2v) is 12.9. The van der Waals surface area contributed by atoms with Crippen LogP contribution < -0.4 is 10.0 Å². The van der Waals surface area contributed by atoms with Gasteiger partial charge >= 0.3 is 0 Å². The van der Waals surface area contributed by atoms with E-state index in [-0.39, 0.29) is 10.1 Å². The van der Waals surface area contributed by atoms with Gasteiger partial charge in [0.1, 0.15) is 4.21 Å². The van der Waals surface area contributed by atoms with Gasteiger partial charge in [0.15, 0.2) is 5.13 Å². The number of benzene rings is 2. The fourth-order valence-corrected chi connectivity index (χ4v) is 6.75. The third kappa shape index (κ3) is 6.12. The number of anilines is 2. The summed E-state index contributed by atoms with van der Waals surface area (Å²) in [6.07, 6.45) is 0. The summed E-state index contributed by atoms with van der Waals surface area (Å²) in [6, 6.07) is 15.4. The number of thiophene rings is 1. The van der Waals surface area contributed by atoms with Gasteiger partial charge in [-0.1, -0.05) is 35.3 Å². The van der Waals surface area contributed by atoms with E-state index < -0.39 is 15.3 Å². The summed E-state index contributed by atoms with van der Waals surface area (Å²) in [5, 5.41) is 7.37. The van der Waals surface area contributed by atoms with Crippen LogP contribution >= 0.6 is 57.6 Å². The molecule has 2 N–H and O–H groups in total. The third-order valence-corrected chi connectivity index (χ3v) is 9.89. The Hall–Kier alpha value is -2.08. The van der Waals surface area contributed by atoms with Crippen LogP contribution in [0.2, 0.25) is 10.0 Å². The van der Waals surface area contributed by atoms with Crippen molar-refractivity contribution in [3.63, 3.8) is 0 Å². The topological polar surface area (TPSA) is 88.2 Å². The summed E-state index contributed by atoms with van der Waals surface area (Å²) in [5.74, 6) is -0.192. The van der Waals surface area contributed by atoms with E-state index in [0.717, 1.165) is 21.8 Å². The Bertz CT molecular complexity index is 1410. The molecular formula is C22H17Cl2N3O3S4. The van der Waals surface area contributed by atoms with E-state index in [2.05, 4.69) is 15.0 Å². The second-order valence-electron chi connectivity index (χ2n) is 6.98.